The largest absolute Gasteiger partial charge is 0.467 e. The Labute approximate surface area is 160 Å². The van der Waals surface area contributed by atoms with Crippen molar-refractivity contribution in [2.24, 2.45) is 0 Å². The Kier molecular flexibility index (Phi) is 5.93. The smallest absolute Gasteiger partial charge is 0.407 e. The van der Waals surface area contributed by atoms with Crippen molar-refractivity contribution in [2.75, 3.05) is 19.0 Å². The van der Waals surface area contributed by atoms with Crippen LogP contribution in [0.4, 0.5) is 4.79 Å². The third kappa shape index (κ3) is 3.75. The molecule has 0 unspecified atom stereocenters. The summed E-state index contributed by atoms with van der Waals surface area (Å²) in [6.45, 7) is 0.210. The highest BCUT2D eigenvalue weighted by Gasteiger charge is 2.29. The summed E-state index contributed by atoms with van der Waals surface area (Å²) in [5, 5.41) is 3.14. The number of methoxy groups -OCH3 is 1. The molecule has 0 spiro atoms. The quantitative estimate of drug-likeness (QED) is 0.572. The highest BCUT2D eigenvalue weighted by molar-refractivity contribution is 9.09. The number of ether oxygens (including phenoxy) is 2. The molecule has 5 nitrogen and oxygen atoms in total. The van der Waals surface area contributed by atoms with Crippen LogP contribution in [0.1, 0.15) is 23.5 Å². The molecule has 0 aromatic heterocycles. The maximum absolute atomic E-state index is 12.2. The van der Waals surface area contributed by atoms with Crippen LogP contribution in [0.15, 0.2) is 48.5 Å². The van der Waals surface area contributed by atoms with Gasteiger partial charge < -0.3 is 14.8 Å². The molecule has 2 aromatic carbocycles. The first-order chi connectivity index (χ1) is 12.7. The number of halogens is 1. The van der Waals surface area contributed by atoms with Gasteiger partial charge in [0.15, 0.2) is 0 Å². The first-order valence-corrected chi connectivity index (χ1v) is 9.53. The van der Waals surface area contributed by atoms with Gasteiger partial charge in [-0.1, -0.05) is 64.5 Å². The van der Waals surface area contributed by atoms with Gasteiger partial charge in [-0.25, -0.2) is 9.59 Å². The highest BCUT2D eigenvalue weighted by atomic mass is 79.9. The minimum Gasteiger partial charge on any atom is -0.467 e. The van der Waals surface area contributed by atoms with Gasteiger partial charge in [0, 0.05) is 11.2 Å². The van der Waals surface area contributed by atoms with Crippen molar-refractivity contribution in [1.82, 2.24) is 5.32 Å². The normalized spacial score (nSPS) is 13.5. The van der Waals surface area contributed by atoms with Crippen molar-refractivity contribution >= 4 is 28.0 Å². The molecular weight excluding hydrogens is 398 g/mol. The molecule has 3 rings (SSSR count). The molecular formula is C20H20BrNO4. The van der Waals surface area contributed by atoms with E-state index in [4.69, 9.17) is 9.47 Å². The van der Waals surface area contributed by atoms with Crippen molar-refractivity contribution in [3.8, 4) is 11.1 Å². The summed E-state index contributed by atoms with van der Waals surface area (Å²) < 4.78 is 10.1. The minimum atomic E-state index is -0.727. The molecule has 0 radical (unpaired) electrons. The summed E-state index contributed by atoms with van der Waals surface area (Å²) in [5.41, 5.74) is 4.63. The lowest BCUT2D eigenvalue weighted by molar-refractivity contribution is -0.143. The molecule has 0 bridgehead atoms. The van der Waals surface area contributed by atoms with E-state index in [9.17, 15) is 9.59 Å². The molecule has 1 atom stereocenters. The van der Waals surface area contributed by atoms with Gasteiger partial charge in [0.05, 0.1) is 7.11 Å². The average molecular weight is 418 g/mol. The second-order valence-electron chi connectivity index (χ2n) is 6.02. The number of benzene rings is 2. The van der Waals surface area contributed by atoms with E-state index in [1.807, 2.05) is 24.3 Å². The fourth-order valence-corrected chi connectivity index (χ4v) is 3.74. The van der Waals surface area contributed by atoms with Gasteiger partial charge in [-0.2, -0.15) is 0 Å². The molecule has 6 heteroatoms. The molecule has 1 aliphatic carbocycles. The minimum absolute atomic E-state index is 0.0131. The second-order valence-corrected chi connectivity index (χ2v) is 6.82. The molecule has 0 aliphatic heterocycles. The molecule has 1 aliphatic rings. The SMILES string of the molecule is COC(=O)[C@H](CCBr)NC(=O)OCC1c2ccccc2-c2ccccc21. The number of fused-ring (bicyclic) bond motifs is 3. The standard InChI is InChI=1S/C20H20BrNO4/c1-25-19(23)18(10-11-21)22-20(24)26-12-17-15-8-4-2-6-13(15)14-7-3-5-9-16(14)17/h2-9,17-18H,10-12H2,1H3,(H,22,24)/t18-/m0/s1. The lowest BCUT2D eigenvalue weighted by Gasteiger charge is -2.18. The summed E-state index contributed by atoms with van der Waals surface area (Å²) in [6, 6.07) is 15.5. The van der Waals surface area contributed by atoms with Gasteiger partial charge >= 0.3 is 12.1 Å². The van der Waals surface area contributed by atoms with Crippen LogP contribution >= 0.6 is 15.9 Å². The van der Waals surface area contributed by atoms with Crippen molar-refractivity contribution in [3.05, 3.63) is 59.7 Å². The number of hydrogen-bond donors (Lipinski definition) is 1. The predicted molar refractivity (Wildman–Crippen MR) is 102 cm³/mol. The summed E-state index contributed by atoms with van der Waals surface area (Å²) in [6.07, 6.45) is -0.195. The molecule has 1 N–H and O–H groups in total. The van der Waals surface area contributed by atoms with E-state index < -0.39 is 18.1 Å². The van der Waals surface area contributed by atoms with E-state index in [-0.39, 0.29) is 12.5 Å². The Balaban J connectivity index is 1.70. The number of carbonyl (C=O) groups is 2. The van der Waals surface area contributed by atoms with E-state index in [0.717, 1.165) is 11.1 Å². The maximum atomic E-state index is 12.2. The first kappa shape index (κ1) is 18.5. The average Bonchev–Trinajstić information content (AvgIpc) is 2.99. The summed E-state index contributed by atoms with van der Waals surface area (Å²) in [7, 11) is 1.29. The Bertz CT molecular complexity index is 762. The number of rotatable bonds is 6. The third-order valence-electron chi connectivity index (χ3n) is 4.52. The van der Waals surface area contributed by atoms with Crippen LogP contribution in [0.25, 0.3) is 11.1 Å². The molecule has 1 amide bonds. The first-order valence-electron chi connectivity index (χ1n) is 8.41. The second kappa shape index (κ2) is 8.36. The van der Waals surface area contributed by atoms with E-state index in [2.05, 4.69) is 45.5 Å². The molecule has 2 aromatic rings. The lowest BCUT2D eigenvalue weighted by Crippen LogP contribution is -2.42. The number of alkyl halides is 1. The predicted octanol–water partition coefficient (Wildman–Crippen LogP) is 3.85. The lowest BCUT2D eigenvalue weighted by atomic mass is 9.98. The highest BCUT2D eigenvalue weighted by Crippen LogP contribution is 2.44. The maximum Gasteiger partial charge on any atom is 0.407 e. The van der Waals surface area contributed by atoms with Crippen LogP contribution in [0.3, 0.4) is 0 Å². The van der Waals surface area contributed by atoms with Gasteiger partial charge in [-0.05, 0) is 28.7 Å². The van der Waals surface area contributed by atoms with E-state index in [1.165, 1.54) is 18.2 Å². The van der Waals surface area contributed by atoms with Crippen molar-refractivity contribution < 1.29 is 19.1 Å². The third-order valence-corrected chi connectivity index (χ3v) is 4.98. The van der Waals surface area contributed by atoms with Crippen LogP contribution in [0.5, 0.6) is 0 Å². The molecule has 0 saturated heterocycles. The van der Waals surface area contributed by atoms with Gasteiger partial charge in [0.1, 0.15) is 12.6 Å². The monoisotopic (exact) mass is 417 g/mol. The molecule has 0 heterocycles. The van der Waals surface area contributed by atoms with Gasteiger partial charge in [-0.15, -0.1) is 0 Å². The molecule has 26 heavy (non-hydrogen) atoms. The van der Waals surface area contributed by atoms with Crippen LogP contribution in [0, 0.1) is 0 Å². The Morgan fingerprint density at radius 2 is 1.65 bits per heavy atom. The number of hydrogen-bond acceptors (Lipinski definition) is 4. The van der Waals surface area contributed by atoms with Crippen molar-refractivity contribution in [3.63, 3.8) is 0 Å². The molecule has 136 valence electrons. The number of amides is 1. The summed E-state index contributed by atoms with van der Waals surface area (Å²) in [5.74, 6) is -0.501. The van der Waals surface area contributed by atoms with Gasteiger partial charge in [0.25, 0.3) is 0 Å². The number of carbonyl (C=O) groups excluding carboxylic acids is 2. The van der Waals surface area contributed by atoms with Crippen molar-refractivity contribution in [1.29, 1.82) is 0 Å². The van der Waals surface area contributed by atoms with Crippen molar-refractivity contribution in [2.45, 2.75) is 18.4 Å². The Morgan fingerprint density at radius 3 is 2.19 bits per heavy atom. The zero-order chi connectivity index (χ0) is 18.5. The number of nitrogens with one attached hydrogen (secondary N) is 1. The van der Waals surface area contributed by atoms with Crippen LogP contribution in [-0.2, 0) is 14.3 Å². The number of esters is 1. The zero-order valence-corrected chi connectivity index (χ0v) is 16.0. The van der Waals surface area contributed by atoms with Gasteiger partial charge in [0.2, 0.25) is 0 Å². The van der Waals surface area contributed by atoms with E-state index >= 15 is 0 Å². The van der Waals surface area contributed by atoms with Gasteiger partial charge in [-0.3, -0.25) is 0 Å². The molecule has 0 saturated carbocycles. The zero-order valence-electron chi connectivity index (χ0n) is 14.4. The van der Waals surface area contributed by atoms with E-state index in [0.29, 0.717) is 11.8 Å². The van der Waals surface area contributed by atoms with Crippen LogP contribution < -0.4 is 5.32 Å². The van der Waals surface area contributed by atoms with Crippen LogP contribution in [0.2, 0.25) is 0 Å². The Morgan fingerprint density at radius 1 is 1.08 bits per heavy atom. The topological polar surface area (TPSA) is 64.6 Å². The summed E-state index contributed by atoms with van der Waals surface area (Å²) in [4.78, 5) is 23.9. The van der Waals surface area contributed by atoms with Crippen LogP contribution in [-0.4, -0.2) is 37.2 Å². The Hall–Kier alpha value is -2.34. The fourth-order valence-electron chi connectivity index (χ4n) is 3.28. The molecule has 0 fully saturated rings. The van der Waals surface area contributed by atoms with E-state index in [1.54, 1.807) is 0 Å². The number of alkyl carbamates (subject to hydrolysis) is 1. The summed E-state index contributed by atoms with van der Waals surface area (Å²) >= 11 is 3.27. The fraction of sp³-hybridized carbons (Fsp3) is 0.300.